The number of piperidine rings is 1. The zero-order valence-corrected chi connectivity index (χ0v) is 13.5. The van der Waals surface area contributed by atoms with Crippen LogP contribution in [0.5, 0.6) is 0 Å². The first-order valence-electron chi connectivity index (χ1n) is 8.36. The van der Waals surface area contributed by atoms with Crippen molar-refractivity contribution in [2.75, 3.05) is 13.1 Å². The summed E-state index contributed by atoms with van der Waals surface area (Å²) in [5, 5.41) is 13.8. The average molecular weight is 302 g/mol. The largest absolute Gasteiger partial charge is 0.387 e. The van der Waals surface area contributed by atoms with Gasteiger partial charge < -0.3 is 10.4 Å². The van der Waals surface area contributed by atoms with Gasteiger partial charge in [0, 0.05) is 24.5 Å². The van der Waals surface area contributed by atoms with Gasteiger partial charge in [-0.1, -0.05) is 38.1 Å². The summed E-state index contributed by atoms with van der Waals surface area (Å²) >= 11 is 0. The number of carbonyl (C=O) groups excluding carboxylic acids is 1. The summed E-state index contributed by atoms with van der Waals surface area (Å²) in [6.45, 7) is 5.69. The van der Waals surface area contributed by atoms with Crippen LogP contribution in [-0.2, 0) is 11.2 Å². The molecule has 1 aromatic rings. The molecule has 1 heterocycles. The van der Waals surface area contributed by atoms with Crippen LogP contribution >= 0.6 is 0 Å². The van der Waals surface area contributed by atoms with Gasteiger partial charge in [-0.2, -0.15) is 0 Å². The van der Waals surface area contributed by atoms with Crippen LogP contribution in [0.1, 0.15) is 43.9 Å². The standard InChI is InChI=1S/C18H26N2O2/c1-12(2)18(22)19-14-7-5-9-20(11-14)16-10-13-6-3-4-8-15(13)17(16)21/h3-4,6,8,12,14,16-17,21H,5,7,9-11H2,1-2H3,(H,19,22)/t14-,16-,17+/m1/s1. The number of carbonyl (C=O) groups is 1. The number of aliphatic hydroxyl groups excluding tert-OH is 1. The fourth-order valence-electron chi connectivity index (χ4n) is 3.67. The summed E-state index contributed by atoms with van der Waals surface area (Å²) < 4.78 is 0. The van der Waals surface area contributed by atoms with Crippen molar-refractivity contribution < 1.29 is 9.90 Å². The van der Waals surface area contributed by atoms with E-state index < -0.39 is 6.10 Å². The number of nitrogens with one attached hydrogen (secondary N) is 1. The van der Waals surface area contributed by atoms with Gasteiger partial charge in [0.1, 0.15) is 0 Å². The highest BCUT2D eigenvalue weighted by Crippen LogP contribution is 2.35. The maximum atomic E-state index is 11.9. The zero-order chi connectivity index (χ0) is 15.7. The van der Waals surface area contributed by atoms with E-state index in [1.165, 1.54) is 5.56 Å². The molecule has 1 fully saturated rings. The molecule has 0 bridgehead atoms. The number of nitrogens with zero attached hydrogens (tertiary/aromatic N) is 1. The highest BCUT2D eigenvalue weighted by atomic mass is 16.3. The second-order valence-corrected chi connectivity index (χ2v) is 6.91. The molecule has 0 saturated carbocycles. The van der Waals surface area contributed by atoms with Crippen LogP contribution in [0.15, 0.2) is 24.3 Å². The van der Waals surface area contributed by atoms with Crippen molar-refractivity contribution in [3.8, 4) is 0 Å². The number of benzene rings is 1. The van der Waals surface area contributed by atoms with Gasteiger partial charge >= 0.3 is 0 Å². The van der Waals surface area contributed by atoms with E-state index in [1.807, 2.05) is 32.0 Å². The van der Waals surface area contributed by atoms with Crippen molar-refractivity contribution in [1.82, 2.24) is 10.2 Å². The third kappa shape index (κ3) is 3.03. The van der Waals surface area contributed by atoms with E-state index in [-0.39, 0.29) is 23.9 Å². The normalized spacial score (nSPS) is 28.6. The van der Waals surface area contributed by atoms with Crippen LogP contribution < -0.4 is 5.32 Å². The Balaban J connectivity index is 1.65. The van der Waals surface area contributed by atoms with Crippen LogP contribution in [0.4, 0.5) is 0 Å². The molecule has 120 valence electrons. The van der Waals surface area contributed by atoms with Crippen LogP contribution in [0.2, 0.25) is 0 Å². The van der Waals surface area contributed by atoms with Gasteiger partial charge in [0.2, 0.25) is 5.91 Å². The molecular formula is C18H26N2O2. The second kappa shape index (κ2) is 6.39. The Labute approximate surface area is 132 Å². The Morgan fingerprint density at radius 1 is 1.36 bits per heavy atom. The van der Waals surface area contributed by atoms with E-state index in [1.54, 1.807) is 0 Å². The van der Waals surface area contributed by atoms with Gasteiger partial charge in [0.05, 0.1) is 6.10 Å². The van der Waals surface area contributed by atoms with E-state index in [0.29, 0.717) is 0 Å². The van der Waals surface area contributed by atoms with E-state index in [9.17, 15) is 9.90 Å². The van der Waals surface area contributed by atoms with Crippen LogP contribution in [0.3, 0.4) is 0 Å². The minimum atomic E-state index is -0.407. The molecule has 3 atom stereocenters. The Hall–Kier alpha value is -1.39. The molecule has 1 aliphatic carbocycles. The molecule has 2 N–H and O–H groups in total. The smallest absolute Gasteiger partial charge is 0.222 e. The third-order valence-electron chi connectivity index (χ3n) is 4.96. The molecule has 0 aromatic heterocycles. The maximum Gasteiger partial charge on any atom is 0.222 e. The van der Waals surface area contributed by atoms with Crippen LogP contribution in [-0.4, -0.2) is 41.1 Å². The molecule has 0 radical (unpaired) electrons. The van der Waals surface area contributed by atoms with Gasteiger partial charge in [0.15, 0.2) is 0 Å². The fraction of sp³-hybridized carbons (Fsp3) is 0.611. The average Bonchev–Trinajstić information content (AvgIpc) is 2.85. The second-order valence-electron chi connectivity index (χ2n) is 6.91. The number of rotatable bonds is 3. The highest BCUT2D eigenvalue weighted by Gasteiger charge is 2.37. The molecule has 3 rings (SSSR count). The summed E-state index contributed by atoms with van der Waals surface area (Å²) in [4.78, 5) is 14.3. The van der Waals surface area contributed by atoms with Gasteiger partial charge in [0.25, 0.3) is 0 Å². The Bertz CT molecular complexity index is 544. The summed E-state index contributed by atoms with van der Waals surface area (Å²) in [6, 6.07) is 8.53. The van der Waals surface area contributed by atoms with Crippen molar-refractivity contribution in [1.29, 1.82) is 0 Å². The van der Waals surface area contributed by atoms with E-state index in [0.717, 1.165) is 37.9 Å². The summed E-state index contributed by atoms with van der Waals surface area (Å²) in [7, 11) is 0. The van der Waals surface area contributed by atoms with Crippen molar-refractivity contribution >= 4 is 5.91 Å². The SMILES string of the molecule is CC(C)C(=O)N[C@@H]1CCCN([C@@H]2Cc3ccccc3[C@@H]2O)C1. The van der Waals surface area contributed by atoms with E-state index >= 15 is 0 Å². The summed E-state index contributed by atoms with van der Waals surface area (Å²) in [5.74, 6) is 0.152. The molecule has 1 saturated heterocycles. The molecule has 0 unspecified atom stereocenters. The van der Waals surface area contributed by atoms with Crippen LogP contribution in [0, 0.1) is 5.92 Å². The zero-order valence-electron chi connectivity index (χ0n) is 13.5. The van der Waals surface area contributed by atoms with Crippen molar-refractivity contribution in [3.05, 3.63) is 35.4 Å². The van der Waals surface area contributed by atoms with Gasteiger partial charge in [-0.25, -0.2) is 0 Å². The molecule has 0 spiro atoms. The highest BCUT2D eigenvalue weighted by molar-refractivity contribution is 5.78. The minimum Gasteiger partial charge on any atom is -0.387 e. The third-order valence-corrected chi connectivity index (χ3v) is 4.96. The molecule has 4 heteroatoms. The monoisotopic (exact) mass is 302 g/mol. The van der Waals surface area contributed by atoms with Gasteiger partial charge in [-0.15, -0.1) is 0 Å². The van der Waals surface area contributed by atoms with Crippen LogP contribution in [0.25, 0.3) is 0 Å². The predicted octanol–water partition coefficient (Wildman–Crippen LogP) is 1.88. The topological polar surface area (TPSA) is 52.6 Å². The Kier molecular flexibility index (Phi) is 4.50. The quantitative estimate of drug-likeness (QED) is 0.896. The Morgan fingerprint density at radius 2 is 2.14 bits per heavy atom. The lowest BCUT2D eigenvalue weighted by Gasteiger charge is -2.38. The molecular weight excluding hydrogens is 276 g/mol. The van der Waals surface area contributed by atoms with Crippen molar-refractivity contribution in [2.45, 2.75) is 51.3 Å². The van der Waals surface area contributed by atoms with E-state index in [4.69, 9.17) is 0 Å². The number of aliphatic hydroxyl groups is 1. The van der Waals surface area contributed by atoms with Gasteiger partial charge in [-0.3, -0.25) is 9.69 Å². The first kappa shape index (κ1) is 15.5. The molecule has 4 nitrogen and oxygen atoms in total. The number of hydrogen-bond donors (Lipinski definition) is 2. The van der Waals surface area contributed by atoms with Crippen molar-refractivity contribution in [3.63, 3.8) is 0 Å². The lowest BCUT2D eigenvalue weighted by atomic mass is 10.0. The number of amides is 1. The maximum absolute atomic E-state index is 11.9. The molecule has 22 heavy (non-hydrogen) atoms. The summed E-state index contributed by atoms with van der Waals surface area (Å²) in [5.41, 5.74) is 2.33. The first-order chi connectivity index (χ1) is 10.6. The molecule has 2 aliphatic rings. The minimum absolute atomic E-state index is 0.0247. The lowest BCUT2D eigenvalue weighted by Crippen LogP contribution is -2.52. The number of fused-ring (bicyclic) bond motifs is 1. The molecule has 1 amide bonds. The Morgan fingerprint density at radius 3 is 2.86 bits per heavy atom. The first-order valence-corrected chi connectivity index (χ1v) is 8.36. The number of hydrogen-bond acceptors (Lipinski definition) is 3. The van der Waals surface area contributed by atoms with Gasteiger partial charge in [-0.05, 0) is 36.9 Å². The predicted molar refractivity (Wildman–Crippen MR) is 86.5 cm³/mol. The molecule has 1 aromatic carbocycles. The summed E-state index contributed by atoms with van der Waals surface area (Å²) in [6.07, 6.45) is 2.60. The van der Waals surface area contributed by atoms with Crippen molar-refractivity contribution in [2.24, 2.45) is 5.92 Å². The van der Waals surface area contributed by atoms with E-state index in [2.05, 4.69) is 16.3 Å². The lowest BCUT2D eigenvalue weighted by molar-refractivity contribution is -0.125. The number of likely N-dealkylation sites (tertiary alicyclic amines) is 1. The fourth-order valence-corrected chi connectivity index (χ4v) is 3.67. The molecule has 1 aliphatic heterocycles.